The standard InChI is InChI=1S/C58H76N2O11/c1-29(2)18-34-21-35-20-33-10-15-54(13-6-7-14-54)55(33)24-32-23-51(3)47(37-12-17-67-41(37)22-38(40(62)26-61)30-8-9-36-31(19-30)11-16-60-28-59-25-39(36)60)69-50(66)48-58(51,70-48)52(4)43(32)56-27-68-49(65)45(55)57(35,56)71-53(34,5)44(56)42(63)46(52)64/h11-12,16-17,21,29-34,36,38-40,43-48,59,61-62,64H,6-10,13-15,18-20,22-28H2,1-5H3. The summed E-state index contributed by atoms with van der Waals surface area (Å²) in [5, 5.41) is 39.5. The highest BCUT2D eigenvalue weighted by Gasteiger charge is 2.97. The number of allylic oxidation sites excluding steroid dienone is 1. The van der Waals surface area contributed by atoms with Gasteiger partial charge in [0.05, 0.1) is 48.5 Å². The Morgan fingerprint density at radius 1 is 0.972 bits per heavy atom. The summed E-state index contributed by atoms with van der Waals surface area (Å²) in [6, 6.07) is 2.39. The van der Waals surface area contributed by atoms with Gasteiger partial charge in [0, 0.05) is 41.3 Å². The van der Waals surface area contributed by atoms with Crippen LogP contribution in [0, 0.1) is 92.2 Å². The van der Waals surface area contributed by atoms with Crippen LogP contribution in [0.1, 0.15) is 136 Å². The van der Waals surface area contributed by atoms with Gasteiger partial charge in [0.25, 0.3) is 0 Å². The van der Waals surface area contributed by atoms with Crippen molar-refractivity contribution < 1.29 is 53.1 Å². The molecule has 0 aromatic carbocycles. The van der Waals surface area contributed by atoms with Crippen LogP contribution < -0.4 is 5.32 Å². The maximum Gasteiger partial charge on any atom is 0.339 e. The van der Waals surface area contributed by atoms with Gasteiger partial charge in [-0.25, -0.2) is 4.79 Å². The van der Waals surface area contributed by atoms with Crippen LogP contribution in [-0.2, 0) is 39.8 Å². The Hall–Kier alpha value is -3.07. The number of rotatable bonds is 8. The van der Waals surface area contributed by atoms with Gasteiger partial charge in [-0.3, -0.25) is 14.9 Å². The molecule has 0 amide bonds. The molecule has 13 heteroatoms. The lowest BCUT2D eigenvalue weighted by molar-refractivity contribution is -0.282. The molecule has 7 saturated carbocycles. The van der Waals surface area contributed by atoms with Gasteiger partial charge in [-0.05, 0) is 154 Å². The number of esters is 2. The maximum absolute atomic E-state index is 16.2. The number of Topliss-reactive ketones (excluding diaryl/α,β-unsaturated/α-hetero) is 1. The number of furan rings is 1. The maximum atomic E-state index is 16.2. The molecule has 15 rings (SSSR count). The van der Waals surface area contributed by atoms with Crippen LogP contribution in [-0.4, -0.2) is 106 Å². The van der Waals surface area contributed by atoms with E-state index >= 15 is 9.59 Å². The highest BCUT2D eigenvalue weighted by Crippen LogP contribution is 2.90. The summed E-state index contributed by atoms with van der Waals surface area (Å²) in [5.74, 6) is -0.964. The first kappa shape index (κ1) is 45.3. The Bertz CT molecular complexity index is 2570. The van der Waals surface area contributed by atoms with E-state index < -0.39 is 86.6 Å². The number of cyclic esters (lactones) is 2. The van der Waals surface area contributed by atoms with Crippen LogP contribution in [0.15, 0.2) is 40.7 Å². The van der Waals surface area contributed by atoms with E-state index in [-0.39, 0.29) is 60.0 Å². The van der Waals surface area contributed by atoms with Gasteiger partial charge in [-0.2, -0.15) is 0 Å². The Balaban J connectivity index is 0.887. The molecule has 1 aromatic rings. The van der Waals surface area contributed by atoms with Crippen LogP contribution in [0.3, 0.4) is 0 Å². The van der Waals surface area contributed by atoms with E-state index in [1.54, 1.807) is 6.26 Å². The molecular formula is C58H76N2O11. The number of carbonyl (C=O) groups is 3. The summed E-state index contributed by atoms with van der Waals surface area (Å²) in [6.45, 7) is 12.4. The molecule has 7 aliphatic carbocycles. The molecule has 4 N–H and O–H groups in total. The number of hydrogen-bond donors (Lipinski definition) is 4. The quantitative estimate of drug-likeness (QED) is 0.125. The molecular weight excluding hydrogens is 901 g/mol. The molecule has 14 aliphatic rings. The Kier molecular flexibility index (Phi) is 9.09. The predicted octanol–water partition coefficient (Wildman–Crippen LogP) is 6.58. The number of nitrogens with one attached hydrogen (secondary N) is 1. The van der Waals surface area contributed by atoms with E-state index in [2.05, 4.69) is 63.2 Å². The lowest BCUT2D eigenvalue weighted by Crippen LogP contribution is -2.80. The normalized spacial score (nSPS) is 53.5. The lowest BCUT2D eigenvalue weighted by Gasteiger charge is -2.70. The van der Waals surface area contributed by atoms with Crippen molar-refractivity contribution in [3.8, 4) is 0 Å². The minimum Gasteiger partial charge on any atom is -0.469 e. The molecule has 0 radical (unpaired) electrons. The third-order valence-electron chi connectivity index (χ3n) is 25.1. The lowest BCUT2D eigenvalue weighted by atomic mass is 9.32. The third-order valence-corrected chi connectivity index (χ3v) is 25.1. The van der Waals surface area contributed by atoms with E-state index in [9.17, 15) is 20.1 Å². The van der Waals surface area contributed by atoms with Gasteiger partial charge in [-0.15, -0.1) is 0 Å². The molecule has 22 atom stereocenters. The van der Waals surface area contributed by atoms with Gasteiger partial charge in [0.2, 0.25) is 0 Å². The zero-order valence-electron chi connectivity index (χ0n) is 42.4. The minimum absolute atomic E-state index is 0.0391. The monoisotopic (exact) mass is 977 g/mol. The number of aliphatic hydroxyl groups is 3. The summed E-state index contributed by atoms with van der Waals surface area (Å²) in [4.78, 5) is 49.1. The summed E-state index contributed by atoms with van der Waals surface area (Å²) in [6.07, 6.45) is 17.1. The number of ether oxygens (including phenoxy) is 4. The molecule has 5 spiro atoms. The van der Waals surface area contributed by atoms with Gasteiger partial charge >= 0.3 is 11.9 Å². The van der Waals surface area contributed by atoms with E-state index in [0.717, 1.165) is 95.8 Å². The molecule has 12 fully saturated rings. The fraction of sp³-hybridized carbons (Fsp3) is 0.810. The van der Waals surface area contributed by atoms with Crippen molar-refractivity contribution in [3.05, 3.63) is 47.6 Å². The second-order valence-corrected chi connectivity index (χ2v) is 27.5. The van der Waals surface area contributed by atoms with Gasteiger partial charge < -0.3 is 43.6 Å². The predicted molar refractivity (Wildman–Crippen MR) is 255 cm³/mol. The number of carbonyl (C=O) groups excluding carboxylic acids is 3. The molecule has 1 aromatic heterocycles. The molecule has 13 nitrogen and oxygen atoms in total. The molecule has 384 valence electrons. The van der Waals surface area contributed by atoms with Gasteiger partial charge in [0.1, 0.15) is 35.8 Å². The second-order valence-electron chi connectivity index (χ2n) is 27.5. The van der Waals surface area contributed by atoms with E-state index in [1.807, 2.05) is 6.07 Å². The number of epoxide rings is 1. The van der Waals surface area contributed by atoms with Crippen molar-refractivity contribution >= 4 is 17.7 Å². The van der Waals surface area contributed by atoms with Crippen LogP contribution in [0.4, 0.5) is 0 Å². The first-order chi connectivity index (χ1) is 34.0. The zero-order valence-corrected chi connectivity index (χ0v) is 42.4. The largest absolute Gasteiger partial charge is 0.469 e. The summed E-state index contributed by atoms with van der Waals surface area (Å²) in [5.41, 5.74) is -5.29. The van der Waals surface area contributed by atoms with Crippen molar-refractivity contribution in [2.45, 2.75) is 172 Å². The van der Waals surface area contributed by atoms with Crippen LogP contribution in [0.25, 0.3) is 0 Å². The molecule has 8 heterocycles. The molecule has 71 heavy (non-hydrogen) atoms. The smallest absolute Gasteiger partial charge is 0.339 e. The van der Waals surface area contributed by atoms with Crippen LogP contribution in [0.5, 0.6) is 0 Å². The summed E-state index contributed by atoms with van der Waals surface area (Å²) >= 11 is 0. The SMILES string of the molecule is CC(C)CC1C=C2CC3CCC4(CCCC4)C34CC3CC5(C)C(c6ccoc6CC(C(O)CO)C6CCC7C(C=CN8CNCC78)C6)OC(=O)C6OC65C5(C)C(O)C(=O)C6C1(C)OC21C4C(=O)OCC61C35. The molecule has 5 saturated heterocycles. The van der Waals surface area contributed by atoms with E-state index in [1.165, 1.54) is 5.57 Å². The number of ketones is 1. The van der Waals surface area contributed by atoms with Crippen molar-refractivity contribution in [3.63, 3.8) is 0 Å². The molecule has 7 aliphatic heterocycles. The Labute approximate surface area is 417 Å². The first-order valence-electron chi connectivity index (χ1n) is 28.2. The van der Waals surface area contributed by atoms with Crippen molar-refractivity contribution in [2.24, 2.45) is 92.2 Å². The number of hydrogen-bond acceptors (Lipinski definition) is 13. The van der Waals surface area contributed by atoms with Crippen LogP contribution in [0.2, 0.25) is 0 Å². The molecule has 22 unspecified atom stereocenters. The van der Waals surface area contributed by atoms with Crippen molar-refractivity contribution in [1.82, 2.24) is 10.2 Å². The van der Waals surface area contributed by atoms with E-state index in [0.29, 0.717) is 42.4 Å². The second kappa shape index (κ2) is 14.2. The number of fused-ring (bicyclic) bond motifs is 5. The number of aliphatic hydroxyl groups excluding tert-OH is 3. The fourth-order valence-corrected chi connectivity index (χ4v) is 23.1. The van der Waals surface area contributed by atoms with E-state index in [4.69, 9.17) is 23.4 Å². The average Bonchev–Trinajstić information content (AvgIpc) is 3.90. The first-order valence-corrected chi connectivity index (χ1v) is 28.2. The van der Waals surface area contributed by atoms with Crippen LogP contribution >= 0.6 is 0 Å². The Morgan fingerprint density at radius 3 is 2.58 bits per heavy atom. The summed E-state index contributed by atoms with van der Waals surface area (Å²) in [7, 11) is 0. The van der Waals surface area contributed by atoms with Gasteiger partial charge in [0.15, 0.2) is 11.9 Å². The van der Waals surface area contributed by atoms with Gasteiger partial charge in [-0.1, -0.05) is 52.7 Å². The average molecular weight is 977 g/mol. The van der Waals surface area contributed by atoms with Crippen molar-refractivity contribution in [2.75, 3.05) is 26.4 Å². The topological polar surface area (TPSA) is 181 Å². The zero-order chi connectivity index (χ0) is 48.8. The minimum atomic E-state index is -1.49. The summed E-state index contributed by atoms with van der Waals surface area (Å²) < 4.78 is 35.2. The molecule has 5 bridgehead atoms. The fourth-order valence-electron chi connectivity index (χ4n) is 23.1. The third kappa shape index (κ3) is 4.86. The Morgan fingerprint density at radius 2 is 1.79 bits per heavy atom. The highest BCUT2D eigenvalue weighted by molar-refractivity contribution is 5.94. The van der Waals surface area contributed by atoms with Crippen molar-refractivity contribution in [1.29, 1.82) is 0 Å². The number of nitrogens with zero attached hydrogens (tertiary/aromatic N) is 1. The highest BCUT2D eigenvalue weighted by atomic mass is 16.7.